The van der Waals surface area contributed by atoms with Crippen molar-refractivity contribution in [1.29, 1.82) is 0 Å². The standard InChI is InChI=1S/C20H19F2N3O/c1-26-19-6-5-16(22)10-14(19)11-25-8-7-17-18(12-25)24-20(23-17)13-3-2-4-15(21)9-13/h2-6,9-10H,7-8,11-12H2,1H3,(H,23,24). The van der Waals surface area contributed by atoms with Crippen LogP contribution in [-0.2, 0) is 19.5 Å². The summed E-state index contributed by atoms with van der Waals surface area (Å²) < 4.78 is 32.4. The number of methoxy groups -OCH3 is 1. The molecule has 6 heteroatoms. The molecule has 2 heterocycles. The fourth-order valence-corrected chi connectivity index (χ4v) is 3.37. The lowest BCUT2D eigenvalue weighted by atomic mass is 10.1. The number of H-pyrrole nitrogens is 1. The molecule has 0 atom stereocenters. The third-order valence-corrected chi connectivity index (χ3v) is 4.65. The molecule has 0 fully saturated rings. The minimum absolute atomic E-state index is 0.270. The van der Waals surface area contributed by atoms with E-state index >= 15 is 0 Å². The second kappa shape index (κ2) is 6.88. The van der Waals surface area contributed by atoms with Crippen LogP contribution in [0.3, 0.4) is 0 Å². The maximum absolute atomic E-state index is 13.6. The molecule has 3 aromatic rings. The van der Waals surface area contributed by atoms with Gasteiger partial charge in [0, 0.05) is 37.2 Å². The number of nitrogens with zero attached hydrogens (tertiary/aromatic N) is 2. The van der Waals surface area contributed by atoms with Crippen molar-refractivity contribution in [3.05, 3.63) is 71.1 Å². The number of imidazole rings is 1. The van der Waals surface area contributed by atoms with Gasteiger partial charge in [-0.2, -0.15) is 0 Å². The van der Waals surface area contributed by atoms with E-state index in [0.717, 1.165) is 35.5 Å². The van der Waals surface area contributed by atoms with Gasteiger partial charge in [0.15, 0.2) is 0 Å². The first-order valence-electron chi connectivity index (χ1n) is 8.51. The van der Waals surface area contributed by atoms with Gasteiger partial charge in [-0.25, -0.2) is 13.8 Å². The van der Waals surface area contributed by atoms with Gasteiger partial charge < -0.3 is 9.72 Å². The zero-order valence-electron chi connectivity index (χ0n) is 14.4. The summed E-state index contributed by atoms with van der Waals surface area (Å²) in [6.07, 6.45) is 0.790. The molecule has 0 saturated heterocycles. The van der Waals surface area contributed by atoms with Crippen LogP contribution in [0.2, 0.25) is 0 Å². The van der Waals surface area contributed by atoms with Crippen LogP contribution in [0.5, 0.6) is 5.75 Å². The van der Waals surface area contributed by atoms with E-state index in [1.165, 1.54) is 24.3 Å². The van der Waals surface area contributed by atoms with E-state index in [-0.39, 0.29) is 11.6 Å². The van der Waals surface area contributed by atoms with Gasteiger partial charge in [0.2, 0.25) is 0 Å². The summed E-state index contributed by atoms with van der Waals surface area (Å²) in [6, 6.07) is 11.0. The Bertz CT molecular complexity index is 939. The zero-order chi connectivity index (χ0) is 18.1. The average molecular weight is 355 g/mol. The fourth-order valence-electron chi connectivity index (χ4n) is 3.37. The van der Waals surface area contributed by atoms with Crippen molar-refractivity contribution in [2.75, 3.05) is 13.7 Å². The Morgan fingerprint density at radius 1 is 1.15 bits per heavy atom. The number of nitrogens with one attached hydrogen (secondary N) is 1. The van der Waals surface area contributed by atoms with Crippen LogP contribution in [0.25, 0.3) is 11.4 Å². The van der Waals surface area contributed by atoms with Crippen molar-refractivity contribution < 1.29 is 13.5 Å². The van der Waals surface area contributed by atoms with Gasteiger partial charge in [0.25, 0.3) is 0 Å². The summed E-state index contributed by atoms with van der Waals surface area (Å²) >= 11 is 0. The van der Waals surface area contributed by atoms with Crippen molar-refractivity contribution in [3.63, 3.8) is 0 Å². The van der Waals surface area contributed by atoms with Gasteiger partial charge in [-0.1, -0.05) is 12.1 Å². The van der Waals surface area contributed by atoms with Crippen molar-refractivity contribution in [1.82, 2.24) is 14.9 Å². The van der Waals surface area contributed by atoms with Gasteiger partial charge in [0.05, 0.1) is 18.5 Å². The van der Waals surface area contributed by atoms with Crippen molar-refractivity contribution in [2.24, 2.45) is 0 Å². The van der Waals surface area contributed by atoms with Crippen LogP contribution in [0, 0.1) is 11.6 Å². The third kappa shape index (κ3) is 3.32. The SMILES string of the molecule is COc1ccc(F)cc1CN1CCc2nc(-c3cccc(F)c3)[nH]c2C1. The minimum atomic E-state index is -0.281. The molecule has 0 amide bonds. The highest BCUT2D eigenvalue weighted by Crippen LogP contribution is 2.26. The minimum Gasteiger partial charge on any atom is -0.496 e. The second-order valence-electron chi connectivity index (χ2n) is 6.44. The summed E-state index contributed by atoms with van der Waals surface area (Å²) in [5, 5.41) is 0. The van der Waals surface area contributed by atoms with Crippen molar-refractivity contribution in [3.8, 4) is 17.1 Å². The van der Waals surface area contributed by atoms with E-state index in [9.17, 15) is 8.78 Å². The second-order valence-corrected chi connectivity index (χ2v) is 6.44. The summed E-state index contributed by atoms with van der Waals surface area (Å²) in [6.45, 7) is 2.09. The number of halogens is 2. The average Bonchev–Trinajstić information content (AvgIpc) is 3.05. The maximum atomic E-state index is 13.6. The zero-order valence-corrected chi connectivity index (χ0v) is 14.4. The highest BCUT2D eigenvalue weighted by atomic mass is 19.1. The molecule has 4 rings (SSSR count). The number of ether oxygens (including phenoxy) is 1. The smallest absolute Gasteiger partial charge is 0.137 e. The third-order valence-electron chi connectivity index (χ3n) is 4.65. The Balaban J connectivity index is 1.54. The molecule has 1 aromatic heterocycles. The molecule has 1 N–H and O–H groups in total. The Labute approximate surface area is 150 Å². The van der Waals surface area contributed by atoms with Crippen LogP contribution in [0.15, 0.2) is 42.5 Å². The summed E-state index contributed by atoms with van der Waals surface area (Å²) in [5.41, 5.74) is 3.58. The van der Waals surface area contributed by atoms with E-state index in [2.05, 4.69) is 14.9 Å². The number of hydrogen-bond acceptors (Lipinski definition) is 3. The summed E-state index contributed by atoms with van der Waals surface area (Å²) in [4.78, 5) is 10.1. The number of benzene rings is 2. The predicted molar refractivity (Wildman–Crippen MR) is 94.8 cm³/mol. The summed E-state index contributed by atoms with van der Waals surface area (Å²) in [7, 11) is 1.59. The Kier molecular flexibility index (Phi) is 4.42. The first-order valence-corrected chi connectivity index (χ1v) is 8.51. The summed E-state index contributed by atoms with van der Waals surface area (Å²) in [5.74, 6) is 0.812. The Morgan fingerprint density at radius 2 is 2.00 bits per heavy atom. The molecule has 0 spiro atoms. The predicted octanol–water partition coefficient (Wildman–Crippen LogP) is 3.92. The molecule has 4 nitrogen and oxygen atoms in total. The fraction of sp³-hybridized carbons (Fsp3) is 0.250. The van der Waals surface area contributed by atoms with Gasteiger partial charge in [-0.05, 0) is 30.3 Å². The highest BCUT2D eigenvalue weighted by Gasteiger charge is 2.22. The van der Waals surface area contributed by atoms with Gasteiger partial charge >= 0.3 is 0 Å². The van der Waals surface area contributed by atoms with Gasteiger partial charge in [0.1, 0.15) is 23.2 Å². The van der Waals surface area contributed by atoms with Crippen LogP contribution in [-0.4, -0.2) is 28.5 Å². The number of aromatic nitrogens is 2. The number of fused-ring (bicyclic) bond motifs is 1. The molecule has 1 aliphatic rings. The maximum Gasteiger partial charge on any atom is 0.137 e. The molecule has 0 bridgehead atoms. The van der Waals surface area contributed by atoms with E-state index in [1.54, 1.807) is 19.2 Å². The first kappa shape index (κ1) is 16.7. The quantitative estimate of drug-likeness (QED) is 0.771. The van der Waals surface area contributed by atoms with Crippen LogP contribution >= 0.6 is 0 Å². The monoisotopic (exact) mass is 355 g/mol. The van der Waals surface area contributed by atoms with Crippen molar-refractivity contribution >= 4 is 0 Å². The molecule has 134 valence electrons. The van der Waals surface area contributed by atoms with E-state index in [1.807, 2.05) is 6.07 Å². The molecule has 26 heavy (non-hydrogen) atoms. The first-order chi connectivity index (χ1) is 12.6. The number of hydrogen-bond donors (Lipinski definition) is 1. The van der Waals surface area contributed by atoms with Crippen LogP contribution in [0.4, 0.5) is 8.78 Å². The number of aromatic amines is 1. The Hall–Kier alpha value is -2.73. The molecular weight excluding hydrogens is 336 g/mol. The van der Waals surface area contributed by atoms with E-state index in [0.29, 0.717) is 24.7 Å². The molecule has 0 radical (unpaired) electrons. The molecular formula is C20H19F2N3O. The largest absolute Gasteiger partial charge is 0.496 e. The van der Waals surface area contributed by atoms with Crippen LogP contribution < -0.4 is 4.74 Å². The van der Waals surface area contributed by atoms with Gasteiger partial charge in [-0.3, -0.25) is 4.90 Å². The Morgan fingerprint density at radius 3 is 2.81 bits per heavy atom. The molecule has 0 saturated carbocycles. The molecule has 0 aliphatic carbocycles. The van der Waals surface area contributed by atoms with Gasteiger partial charge in [-0.15, -0.1) is 0 Å². The van der Waals surface area contributed by atoms with E-state index in [4.69, 9.17) is 4.74 Å². The number of rotatable bonds is 4. The normalized spacial score (nSPS) is 14.3. The molecule has 2 aromatic carbocycles. The molecule has 1 aliphatic heterocycles. The van der Waals surface area contributed by atoms with Crippen molar-refractivity contribution in [2.45, 2.75) is 19.5 Å². The molecule has 0 unspecified atom stereocenters. The van der Waals surface area contributed by atoms with E-state index < -0.39 is 0 Å². The highest BCUT2D eigenvalue weighted by molar-refractivity contribution is 5.56. The topological polar surface area (TPSA) is 41.1 Å². The van der Waals surface area contributed by atoms with Crippen LogP contribution in [0.1, 0.15) is 17.0 Å². The lowest BCUT2D eigenvalue weighted by molar-refractivity contribution is 0.237. The lowest BCUT2D eigenvalue weighted by Crippen LogP contribution is -2.30. The lowest BCUT2D eigenvalue weighted by Gasteiger charge is -2.26.